The minimum atomic E-state index is -0.295. The van der Waals surface area contributed by atoms with Crippen LogP contribution in [0.3, 0.4) is 0 Å². The number of halogens is 1. The fourth-order valence-corrected chi connectivity index (χ4v) is 4.00. The number of carbonyl (C=O) groups excluding carboxylic acids is 1. The van der Waals surface area contributed by atoms with Gasteiger partial charge >= 0.3 is 0 Å². The second-order valence-electron chi connectivity index (χ2n) is 7.11. The minimum absolute atomic E-state index is 0.0298. The van der Waals surface area contributed by atoms with Crippen molar-refractivity contribution < 1.29 is 14.3 Å². The molecule has 4 rings (SSSR count). The number of benzene rings is 1. The van der Waals surface area contributed by atoms with E-state index in [9.17, 15) is 4.79 Å². The van der Waals surface area contributed by atoms with E-state index in [0.717, 1.165) is 22.7 Å². The Labute approximate surface area is 183 Å². The molecule has 1 aliphatic heterocycles. The van der Waals surface area contributed by atoms with Gasteiger partial charge in [-0.1, -0.05) is 11.6 Å². The molecule has 1 N–H and O–H groups in total. The SMILES string of the molecule is Cc1ccc(C(C)NC(=O)c2cc(O[C@H]3CCOC3)cc(-c3ncc(Cl)s3)c2)nn1. The van der Waals surface area contributed by atoms with Crippen molar-refractivity contribution >= 4 is 28.8 Å². The summed E-state index contributed by atoms with van der Waals surface area (Å²) in [4.78, 5) is 17.3. The maximum atomic E-state index is 13.0. The molecule has 1 amide bonds. The van der Waals surface area contributed by atoms with E-state index in [1.807, 2.05) is 32.0 Å². The highest BCUT2D eigenvalue weighted by molar-refractivity contribution is 7.18. The third-order valence-electron chi connectivity index (χ3n) is 4.69. The Morgan fingerprint density at radius 2 is 2.20 bits per heavy atom. The summed E-state index contributed by atoms with van der Waals surface area (Å²) in [6.07, 6.45) is 2.38. The molecule has 1 fully saturated rings. The van der Waals surface area contributed by atoms with E-state index in [0.29, 0.717) is 34.6 Å². The zero-order chi connectivity index (χ0) is 21.1. The van der Waals surface area contributed by atoms with Crippen molar-refractivity contribution in [1.82, 2.24) is 20.5 Å². The lowest BCUT2D eigenvalue weighted by molar-refractivity contribution is 0.0938. The number of hydrogen-bond acceptors (Lipinski definition) is 7. The molecule has 0 saturated carbocycles. The Morgan fingerprint density at radius 3 is 2.87 bits per heavy atom. The van der Waals surface area contributed by atoms with E-state index in [1.54, 1.807) is 18.3 Å². The minimum Gasteiger partial charge on any atom is -0.488 e. The average molecular weight is 445 g/mol. The fourth-order valence-electron chi connectivity index (χ4n) is 3.10. The van der Waals surface area contributed by atoms with Gasteiger partial charge in [-0.25, -0.2) is 4.98 Å². The zero-order valence-electron chi connectivity index (χ0n) is 16.6. The van der Waals surface area contributed by atoms with Gasteiger partial charge in [-0.3, -0.25) is 4.79 Å². The molecule has 2 atom stereocenters. The van der Waals surface area contributed by atoms with Gasteiger partial charge in [-0.05, 0) is 44.2 Å². The van der Waals surface area contributed by atoms with Crippen molar-refractivity contribution in [2.75, 3.05) is 13.2 Å². The fraction of sp³-hybridized carbons (Fsp3) is 0.333. The van der Waals surface area contributed by atoms with Crippen molar-refractivity contribution in [2.45, 2.75) is 32.4 Å². The number of carbonyl (C=O) groups is 1. The van der Waals surface area contributed by atoms with Crippen molar-refractivity contribution in [3.05, 3.63) is 57.8 Å². The molecular formula is C21H21ClN4O3S. The van der Waals surface area contributed by atoms with Crippen LogP contribution in [-0.2, 0) is 4.74 Å². The highest BCUT2D eigenvalue weighted by Gasteiger charge is 2.20. The van der Waals surface area contributed by atoms with Crippen LogP contribution in [0, 0.1) is 6.92 Å². The van der Waals surface area contributed by atoms with Crippen LogP contribution < -0.4 is 10.1 Å². The highest BCUT2D eigenvalue weighted by Crippen LogP contribution is 2.32. The first-order chi connectivity index (χ1) is 14.5. The lowest BCUT2D eigenvalue weighted by Gasteiger charge is -2.16. The molecule has 3 heterocycles. The van der Waals surface area contributed by atoms with Gasteiger partial charge in [0.05, 0.1) is 36.8 Å². The number of thiazole rings is 1. The van der Waals surface area contributed by atoms with Crippen LogP contribution in [0.4, 0.5) is 0 Å². The first-order valence-electron chi connectivity index (χ1n) is 9.60. The van der Waals surface area contributed by atoms with Gasteiger partial charge in [-0.2, -0.15) is 10.2 Å². The Bertz CT molecular complexity index is 1030. The molecule has 30 heavy (non-hydrogen) atoms. The third-order valence-corrected chi connectivity index (χ3v) is 5.86. The summed E-state index contributed by atoms with van der Waals surface area (Å²) < 4.78 is 12.0. The van der Waals surface area contributed by atoms with Gasteiger partial charge in [0, 0.05) is 17.5 Å². The normalized spacial score (nSPS) is 17.0. The maximum Gasteiger partial charge on any atom is 0.251 e. The molecule has 9 heteroatoms. The number of hydrogen-bond donors (Lipinski definition) is 1. The lowest BCUT2D eigenvalue weighted by atomic mass is 10.1. The number of aromatic nitrogens is 3. The first kappa shape index (κ1) is 20.7. The summed E-state index contributed by atoms with van der Waals surface area (Å²) >= 11 is 7.40. The maximum absolute atomic E-state index is 13.0. The predicted molar refractivity (Wildman–Crippen MR) is 115 cm³/mol. The molecule has 0 aliphatic carbocycles. The van der Waals surface area contributed by atoms with Crippen molar-refractivity contribution in [2.24, 2.45) is 0 Å². The summed E-state index contributed by atoms with van der Waals surface area (Å²) in [5, 5.41) is 11.9. The van der Waals surface area contributed by atoms with Crippen LogP contribution in [-0.4, -0.2) is 40.4 Å². The number of rotatable bonds is 6. The van der Waals surface area contributed by atoms with E-state index >= 15 is 0 Å². The Hall–Kier alpha value is -2.55. The molecular weight excluding hydrogens is 424 g/mol. The molecule has 1 aliphatic rings. The van der Waals surface area contributed by atoms with Crippen LogP contribution in [0.5, 0.6) is 5.75 Å². The van der Waals surface area contributed by atoms with Crippen LogP contribution in [0.2, 0.25) is 4.34 Å². The Balaban J connectivity index is 1.59. The Morgan fingerprint density at radius 1 is 1.33 bits per heavy atom. The van der Waals surface area contributed by atoms with Crippen LogP contribution >= 0.6 is 22.9 Å². The molecule has 1 unspecified atom stereocenters. The largest absolute Gasteiger partial charge is 0.488 e. The molecule has 0 spiro atoms. The standard InChI is InChI=1S/C21H21ClN4O3S/c1-12-3-4-18(26-25-12)13(2)24-20(27)14-7-15(21-23-10-19(22)30-21)9-17(8-14)29-16-5-6-28-11-16/h3-4,7-10,13,16H,5-6,11H2,1-2H3,(H,24,27)/t13?,16-/m0/s1. The van der Waals surface area contributed by atoms with Gasteiger partial charge in [0.15, 0.2) is 0 Å². The summed E-state index contributed by atoms with van der Waals surface area (Å²) in [5.74, 6) is 0.365. The molecule has 156 valence electrons. The van der Waals surface area contributed by atoms with Gasteiger partial charge in [-0.15, -0.1) is 11.3 Å². The number of nitrogens with one attached hydrogen (secondary N) is 1. The lowest BCUT2D eigenvalue weighted by Crippen LogP contribution is -2.27. The van der Waals surface area contributed by atoms with E-state index in [2.05, 4.69) is 20.5 Å². The molecule has 2 aromatic heterocycles. The monoisotopic (exact) mass is 444 g/mol. The number of amides is 1. The van der Waals surface area contributed by atoms with E-state index in [4.69, 9.17) is 21.1 Å². The van der Waals surface area contributed by atoms with Crippen molar-refractivity contribution in [3.63, 3.8) is 0 Å². The Kier molecular flexibility index (Phi) is 6.26. The average Bonchev–Trinajstić information content (AvgIpc) is 3.40. The van der Waals surface area contributed by atoms with Crippen molar-refractivity contribution in [1.29, 1.82) is 0 Å². The first-order valence-corrected chi connectivity index (χ1v) is 10.8. The van der Waals surface area contributed by atoms with Crippen LogP contribution in [0.1, 0.15) is 41.1 Å². The van der Waals surface area contributed by atoms with Crippen LogP contribution in [0.15, 0.2) is 36.5 Å². The van der Waals surface area contributed by atoms with Gasteiger partial charge in [0.1, 0.15) is 21.2 Å². The van der Waals surface area contributed by atoms with Crippen LogP contribution in [0.25, 0.3) is 10.6 Å². The van der Waals surface area contributed by atoms with Gasteiger partial charge in [0.25, 0.3) is 5.91 Å². The van der Waals surface area contributed by atoms with Crippen molar-refractivity contribution in [3.8, 4) is 16.3 Å². The second kappa shape index (κ2) is 9.07. The zero-order valence-corrected chi connectivity index (χ0v) is 18.2. The predicted octanol–water partition coefficient (Wildman–Crippen LogP) is 4.22. The summed E-state index contributed by atoms with van der Waals surface area (Å²) in [6.45, 7) is 4.95. The quantitative estimate of drug-likeness (QED) is 0.612. The van der Waals surface area contributed by atoms with E-state index in [1.165, 1.54) is 11.3 Å². The molecule has 7 nitrogen and oxygen atoms in total. The van der Waals surface area contributed by atoms with E-state index < -0.39 is 0 Å². The van der Waals surface area contributed by atoms with Gasteiger partial charge in [0.2, 0.25) is 0 Å². The molecule has 1 aromatic carbocycles. The third kappa shape index (κ3) is 4.95. The highest BCUT2D eigenvalue weighted by atomic mass is 35.5. The summed E-state index contributed by atoms with van der Waals surface area (Å²) in [5.41, 5.74) is 2.76. The number of aryl methyl sites for hydroxylation is 1. The topological polar surface area (TPSA) is 86.2 Å². The number of ether oxygens (including phenoxy) is 2. The molecule has 3 aromatic rings. The smallest absolute Gasteiger partial charge is 0.251 e. The molecule has 0 bridgehead atoms. The van der Waals surface area contributed by atoms with Gasteiger partial charge < -0.3 is 14.8 Å². The van der Waals surface area contributed by atoms with E-state index in [-0.39, 0.29) is 18.1 Å². The second-order valence-corrected chi connectivity index (χ2v) is 8.78. The number of nitrogens with zero attached hydrogens (tertiary/aromatic N) is 3. The molecule has 1 saturated heterocycles. The summed E-state index contributed by atoms with van der Waals surface area (Å²) in [7, 11) is 0. The summed E-state index contributed by atoms with van der Waals surface area (Å²) in [6, 6.07) is 8.83. The molecule has 0 radical (unpaired) electrons.